The molecule has 1 heterocycles. The van der Waals surface area contributed by atoms with Crippen LogP contribution in [-0.4, -0.2) is 16.3 Å². The van der Waals surface area contributed by atoms with E-state index in [0.29, 0.717) is 12.0 Å². The Balaban J connectivity index is 2.62. The minimum Gasteiger partial charge on any atom is -0.548 e. The van der Waals surface area contributed by atoms with Gasteiger partial charge in [0, 0.05) is 29.1 Å². The number of para-hydroxylation sites is 1. The predicted molar refractivity (Wildman–Crippen MR) is 61.6 cm³/mol. The van der Waals surface area contributed by atoms with Gasteiger partial charge in [-0.15, -0.1) is 0 Å². The molecule has 0 N–H and O–H groups in total. The summed E-state index contributed by atoms with van der Waals surface area (Å²) in [5.74, 6) is -1.15. The summed E-state index contributed by atoms with van der Waals surface area (Å²) in [6, 6.07) is 7.27. The lowest BCUT2D eigenvalue weighted by atomic mass is 10.1. The fourth-order valence-corrected chi connectivity index (χ4v) is 1.93. The molecule has 4 heteroatoms. The molecule has 0 aliphatic rings. The van der Waals surface area contributed by atoms with E-state index in [9.17, 15) is 14.7 Å². The smallest absolute Gasteiger partial charge is 0.164 e. The van der Waals surface area contributed by atoms with Gasteiger partial charge in [-0.2, -0.15) is 0 Å². The van der Waals surface area contributed by atoms with Gasteiger partial charge in [-0.25, -0.2) is 0 Å². The van der Waals surface area contributed by atoms with Crippen molar-refractivity contribution in [2.24, 2.45) is 0 Å². The zero-order chi connectivity index (χ0) is 12.4. The first-order valence-corrected chi connectivity index (χ1v) is 5.44. The van der Waals surface area contributed by atoms with Crippen molar-refractivity contribution in [1.82, 2.24) is 4.57 Å². The van der Waals surface area contributed by atoms with Crippen LogP contribution >= 0.6 is 0 Å². The second kappa shape index (κ2) is 4.41. The first kappa shape index (κ1) is 11.4. The minimum atomic E-state index is -1.17. The number of nitrogens with zero attached hydrogens (tertiary/aromatic N) is 1. The van der Waals surface area contributed by atoms with Gasteiger partial charge in [0.05, 0.1) is 12.5 Å². The predicted octanol–water partition coefficient (Wildman–Crippen LogP) is 0.984. The summed E-state index contributed by atoms with van der Waals surface area (Å²) >= 11 is 0. The number of aromatic nitrogens is 1. The Morgan fingerprint density at radius 3 is 2.65 bits per heavy atom. The van der Waals surface area contributed by atoms with Crippen LogP contribution in [0, 0.1) is 0 Å². The first-order chi connectivity index (χ1) is 8.13. The van der Waals surface area contributed by atoms with Gasteiger partial charge < -0.3 is 14.5 Å². The van der Waals surface area contributed by atoms with Crippen LogP contribution in [0.25, 0.3) is 10.9 Å². The zero-order valence-electron chi connectivity index (χ0n) is 9.47. The molecule has 2 rings (SSSR count). The highest BCUT2D eigenvalue weighted by Crippen LogP contribution is 2.22. The topological polar surface area (TPSA) is 62.1 Å². The van der Waals surface area contributed by atoms with Gasteiger partial charge in [0.2, 0.25) is 0 Å². The third kappa shape index (κ3) is 2.06. The highest BCUT2D eigenvalue weighted by molar-refractivity contribution is 6.08. The van der Waals surface area contributed by atoms with Gasteiger partial charge in [0.25, 0.3) is 0 Å². The number of benzene rings is 1. The van der Waals surface area contributed by atoms with Crippen molar-refractivity contribution in [3.8, 4) is 0 Å². The quantitative estimate of drug-likeness (QED) is 0.735. The van der Waals surface area contributed by atoms with Crippen LogP contribution in [0.5, 0.6) is 0 Å². The summed E-state index contributed by atoms with van der Waals surface area (Å²) in [6.45, 7) is 1.55. The number of rotatable bonds is 4. The molecule has 0 fully saturated rings. The van der Waals surface area contributed by atoms with E-state index in [4.69, 9.17) is 0 Å². The van der Waals surface area contributed by atoms with Crippen molar-refractivity contribution in [3.63, 3.8) is 0 Å². The number of ketones is 1. The molecular formula is C13H12NO3-. The number of carbonyl (C=O) groups is 2. The van der Waals surface area contributed by atoms with Gasteiger partial charge >= 0.3 is 0 Å². The molecule has 1 aromatic carbocycles. The average Bonchev–Trinajstić information content (AvgIpc) is 2.67. The Kier molecular flexibility index (Phi) is 2.95. The molecule has 0 amide bonds. The molecule has 0 atom stereocenters. The highest BCUT2D eigenvalue weighted by atomic mass is 16.4. The van der Waals surface area contributed by atoms with Crippen molar-refractivity contribution in [2.75, 3.05) is 0 Å². The Labute approximate surface area is 98.5 Å². The minimum absolute atomic E-state index is 0.0123. The zero-order valence-corrected chi connectivity index (χ0v) is 9.47. The van der Waals surface area contributed by atoms with E-state index in [1.165, 1.54) is 4.57 Å². The van der Waals surface area contributed by atoms with Crippen molar-refractivity contribution in [3.05, 3.63) is 36.0 Å². The Morgan fingerprint density at radius 2 is 2.00 bits per heavy atom. The van der Waals surface area contributed by atoms with Crippen molar-refractivity contribution < 1.29 is 14.7 Å². The number of Topliss-reactive ketones (excluding diaryl/α,β-unsaturated/α-hetero) is 1. The molecule has 0 aliphatic heterocycles. The van der Waals surface area contributed by atoms with E-state index in [2.05, 4.69) is 0 Å². The van der Waals surface area contributed by atoms with E-state index in [-0.39, 0.29) is 12.3 Å². The summed E-state index contributed by atoms with van der Waals surface area (Å²) in [4.78, 5) is 22.4. The number of fused-ring (bicyclic) bond motifs is 1. The molecular weight excluding hydrogens is 218 g/mol. The molecule has 0 spiro atoms. The average molecular weight is 230 g/mol. The molecule has 0 bridgehead atoms. The maximum absolute atomic E-state index is 11.8. The molecule has 0 aliphatic carbocycles. The van der Waals surface area contributed by atoms with E-state index >= 15 is 0 Å². The van der Waals surface area contributed by atoms with Gasteiger partial charge in [0.1, 0.15) is 0 Å². The molecule has 0 radical (unpaired) electrons. The normalized spacial score (nSPS) is 10.6. The summed E-state index contributed by atoms with van der Waals surface area (Å²) < 4.78 is 1.54. The van der Waals surface area contributed by atoms with Crippen LogP contribution in [0.2, 0.25) is 0 Å². The molecule has 0 saturated carbocycles. The lowest BCUT2D eigenvalue weighted by molar-refractivity contribution is -0.306. The Bertz CT molecular complexity index is 583. The largest absolute Gasteiger partial charge is 0.548 e. The summed E-state index contributed by atoms with van der Waals surface area (Å²) in [5, 5.41) is 11.4. The molecule has 0 unspecified atom stereocenters. The van der Waals surface area contributed by atoms with Gasteiger partial charge in [0.15, 0.2) is 5.78 Å². The van der Waals surface area contributed by atoms with Gasteiger partial charge in [-0.3, -0.25) is 4.79 Å². The summed E-state index contributed by atoms with van der Waals surface area (Å²) in [6.07, 6.45) is 1.99. The molecule has 17 heavy (non-hydrogen) atoms. The van der Waals surface area contributed by atoms with Gasteiger partial charge in [-0.05, 0) is 6.07 Å². The molecule has 1 aromatic heterocycles. The van der Waals surface area contributed by atoms with E-state index in [0.717, 1.165) is 10.9 Å². The van der Waals surface area contributed by atoms with E-state index in [1.807, 2.05) is 18.2 Å². The van der Waals surface area contributed by atoms with E-state index in [1.54, 1.807) is 19.2 Å². The second-order valence-electron chi connectivity index (χ2n) is 3.84. The molecule has 2 aromatic rings. The van der Waals surface area contributed by atoms with Crippen LogP contribution in [0.15, 0.2) is 30.5 Å². The van der Waals surface area contributed by atoms with Crippen LogP contribution in [0.4, 0.5) is 0 Å². The van der Waals surface area contributed by atoms with Crippen LogP contribution in [0.1, 0.15) is 23.7 Å². The van der Waals surface area contributed by atoms with Crippen molar-refractivity contribution in [1.29, 1.82) is 0 Å². The van der Waals surface area contributed by atoms with Crippen LogP contribution in [-0.2, 0) is 11.3 Å². The Hall–Kier alpha value is -2.10. The maximum atomic E-state index is 11.8. The third-order valence-corrected chi connectivity index (χ3v) is 2.71. The monoisotopic (exact) mass is 230 g/mol. The van der Waals surface area contributed by atoms with Crippen LogP contribution in [0.3, 0.4) is 0 Å². The Morgan fingerprint density at radius 1 is 1.29 bits per heavy atom. The number of hydrogen-bond donors (Lipinski definition) is 0. The SMILES string of the molecule is CCC(=O)c1cn(CC(=O)[O-])c2ccccc12. The number of carboxylic acid groups (broad SMARTS) is 1. The van der Waals surface area contributed by atoms with Crippen molar-refractivity contribution in [2.45, 2.75) is 19.9 Å². The lowest BCUT2D eigenvalue weighted by Crippen LogP contribution is -2.27. The standard InChI is InChI=1S/C13H13NO3/c1-2-12(15)10-7-14(8-13(16)17)11-6-4-3-5-9(10)11/h3-7H,2,8H2,1H3,(H,16,17)/p-1. The fourth-order valence-electron chi connectivity index (χ4n) is 1.93. The molecule has 4 nitrogen and oxygen atoms in total. The summed E-state index contributed by atoms with van der Waals surface area (Å²) in [5.41, 5.74) is 1.32. The molecule has 0 saturated heterocycles. The van der Waals surface area contributed by atoms with E-state index < -0.39 is 5.97 Å². The molecule has 88 valence electrons. The van der Waals surface area contributed by atoms with Gasteiger partial charge in [-0.1, -0.05) is 25.1 Å². The second-order valence-corrected chi connectivity index (χ2v) is 3.84. The summed E-state index contributed by atoms with van der Waals surface area (Å²) in [7, 11) is 0. The third-order valence-electron chi connectivity index (χ3n) is 2.71. The number of aliphatic carboxylic acids is 1. The first-order valence-electron chi connectivity index (χ1n) is 5.44. The van der Waals surface area contributed by atoms with Crippen LogP contribution < -0.4 is 5.11 Å². The fraction of sp³-hybridized carbons (Fsp3) is 0.231. The number of carboxylic acids is 1. The van der Waals surface area contributed by atoms with Crippen molar-refractivity contribution >= 4 is 22.7 Å². The lowest BCUT2D eigenvalue weighted by Gasteiger charge is -2.04. The number of carbonyl (C=O) groups excluding carboxylic acids is 2. The number of hydrogen-bond acceptors (Lipinski definition) is 3. The maximum Gasteiger partial charge on any atom is 0.164 e. The highest BCUT2D eigenvalue weighted by Gasteiger charge is 2.12.